The van der Waals surface area contributed by atoms with Gasteiger partial charge in [-0.25, -0.2) is 4.89 Å². The maximum Gasteiger partial charge on any atom is 0.228 e. The first kappa shape index (κ1) is 65.4. The van der Waals surface area contributed by atoms with E-state index in [0.29, 0.717) is 49.9 Å². The van der Waals surface area contributed by atoms with Crippen LogP contribution in [0.5, 0.6) is 0 Å². The van der Waals surface area contributed by atoms with Crippen molar-refractivity contribution in [1.82, 2.24) is 0 Å². The van der Waals surface area contributed by atoms with Gasteiger partial charge in [0, 0.05) is 79.5 Å². The Morgan fingerprint density at radius 1 is 0.565 bits per heavy atom. The van der Waals surface area contributed by atoms with Crippen molar-refractivity contribution >= 4 is 0 Å². The molecule has 7 saturated heterocycles. The van der Waals surface area contributed by atoms with Crippen molar-refractivity contribution in [3.63, 3.8) is 0 Å². The minimum atomic E-state index is -1.31. The van der Waals surface area contributed by atoms with Gasteiger partial charge in [0.05, 0.1) is 91.1 Å². The molecule has 32 unspecified atom stereocenters. The number of methoxy groups -OCH3 is 5. The summed E-state index contributed by atoms with van der Waals surface area (Å²) in [4.78, 5) is 12.5. The van der Waals surface area contributed by atoms with Crippen LogP contribution in [0.15, 0.2) is 11.6 Å². The molecule has 22 nitrogen and oxygen atoms in total. The van der Waals surface area contributed by atoms with Gasteiger partial charge in [-0.3, -0.25) is 0 Å². The zero-order chi connectivity index (χ0) is 60.5. The summed E-state index contributed by atoms with van der Waals surface area (Å²) in [6, 6.07) is 0. The third-order valence-electron chi connectivity index (χ3n) is 22.7. The summed E-state index contributed by atoms with van der Waals surface area (Å²) in [5, 5.41) is 34.0. The predicted molar refractivity (Wildman–Crippen MR) is 301 cm³/mol. The number of ether oxygens (including phenoxy) is 17. The van der Waals surface area contributed by atoms with Crippen LogP contribution in [0.4, 0.5) is 0 Å². The standard InChI is InChI=1S/C63H104O22/c1-31-54(71-14)43(65)24-49(73-31)79-55-32(2)74-51(25-44(55)67-10)80-56-33(3)75-52(26-45(56)68-11)81-57-34(4)76-53(27-46(57)69-12)82-58-36(6)83-62(29-48(58)70-13)30-72-47-28-50(77-35(5)59(47)84-85-62)78-37(7)63(66)22-19-42-40-16-15-38-23-39(64)17-20-60(38,8)41(40)18-21-61(42,63)9/h15,31-37,39-59,64-66H,16-30H2,1-14H3. The van der Waals surface area contributed by atoms with E-state index >= 15 is 0 Å². The van der Waals surface area contributed by atoms with Crippen LogP contribution < -0.4 is 0 Å². The minimum Gasteiger partial charge on any atom is -0.393 e. The molecule has 3 N–H and O–H groups in total. The summed E-state index contributed by atoms with van der Waals surface area (Å²) in [6.07, 6.45) is -0.721. The molecule has 4 aliphatic carbocycles. The summed E-state index contributed by atoms with van der Waals surface area (Å²) in [6.45, 7) is 18.3. The first-order valence-corrected chi connectivity index (χ1v) is 32.2. The average molecular weight is 1210 g/mol. The van der Waals surface area contributed by atoms with Crippen LogP contribution in [0.1, 0.15) is 152 Å². The predicted octanol–water partition coefficient (Wildman–Crippen LogP) is 6.32. The van der Waals surface area contributed by atoms with Crippen molar-refractivity contribution in [2.24, 2.45) is 28.6 Å². The molecule has 0 bridgehead atoms. The van der Waals surface area contributed by atoms with Crippen molar-refractivity contribution in [3.8, 4) is 0 Å². The number of rotatable bonds is 16. The van der Waals surface area contributed by atoms with E-state index in [1.54, 1.807) is 35.5 Å². The van der Waals surface area contributed by atoms with Gasteiger partial charge < -0.3 is 95.8 Å². The topological polar surface area (TPSA) is 236 Å². The Balaban J connectivity index is 0.650. The normalized spacial score (nSPS) is 53.4. The SMILES string of the molecule is COC1CC(OC2C(C)OC(OC3C(C)OC(OC4C(C)OC5(COC6CC(OC(C)C7(O)CCC8C9CC=C%10CC(O)CCC%10(C)C9CCC87C)OC(C)C6OO5)CC4OC)CC3OC)CC2OC)OC(C)C1OC1CC(O)C(OC)C(C)O1. The van der Waals surface area contributed by atoms with E-state index in [4.69, 9.17) is 90.3 Å². The van der Waals surface area contributed by atoms with Crippen molar-refractivity contribution in [2.75, 3.05) is 42.2 Å². The quantitative estimate of drug-likeness (QED) is 0.113. The lowest BCUT2D eigenvalue weighted by Gasteiger charge is -2.59. The van der Waals surface area contributed by atoms with Crippen molar-refractivity contribution in [3.05, 3.63) is 11.6 Å². The molecule has 0 aromatic rings. The third kappa shape index (κ3) is 12.7. The molecule has 10 fully saturated rings. The highest BCUT2D eigenvalue weighted by Gasteiger charge is 2.66. The fourth-order valence-corrected chi connectivity index (χ4v) is 17.9. The lowest BCUT2D eigenvalue weighted by Crippen LogP contribution is -2.60. The average Bonchev–Trinajstić information content (AvgIpc) is 1.68. The van der Waals surface area contributed by atoms with Gasteiger partial charge in [0.15, 0.2) is 31.5 Å². The second-order valence-electron chi connectivity index (χ2n) is 27.6. The van der Waals surface area contributed by atoms with Crippen LogP contribution in [-0.4, -0.2) is 222 Å². The summed E-state index contributed by atoms with van der Waals surface area (Å²) >= 11 is 0. The Kier molecular flexibility index (Phi) is 20.3. The Morgan fingerprint density at radius 2 is 1.08 bits per heavy atom. The summed E-state index contributed by atoms with van der Waals surface area (Å²) in [5.41, 5.74) is 0.262. The fourth-order valence-electron chi connectivity index (χ4n) is 17.9. The van der Waals surface area contributed by atoms with Crippen molar-refractivity contribution in [1.29, 1.82) is 0 Å². The summed E-state index contributed by atoms with van der Waals surface area (Å²) in [5.74, 6) is 0.159. The van der Waals surface area contributed by atoms with Crippen LogP contribution in [0.25, 0.3) is 0 Å². The lowest BCUT2D eigenvalue weighted by molar-refractivity contribution is -0.472. The molecule has 85 heavy (non-hydrogen) atoms. The van der Waals surface area contributed by atoms with Gasteiger partial charge in [-0.1, -0.05) is 25.5 Å². The first-order chi connectivity index (χ1) is 40.6. The molecular weight excluding hydrogens is 1110 g/mol. The van der Waals surface area contributed by atoms with Crippen LogP contribution in [-0.2, 0) is 90.3 Å². The molecule has 0 radical (unpaired) electrons. The van der Waals surface area contributed by atoms with E-state index in [2.05, 4.69) is 19.9 Å². The Morgan fingerprint density at radius 3 is 1.62 bits per heavy atom. The Bertz CT molecular complexity index is 2220. The number of aliphatic hydroxyl groups excluding tert-OH is 2. The zero-order valence-electron chi connectivity index (χ0n) is 52.9. The van der Waals surface area contributed by atoms with Gasteiger partial charge in [0.2, 0.25) is 5.79 Å². The van der Waals surface area contributed by atoms with E-state index < -0.39 is 147 Å². The van der Waals surface area contributed by atoms with Gasteiger partial charge in [0.1, 0.15) is 43.2 Å². The third-order valence-corrected chi connectivity index (χ3v) is 22.7. The molecule has 0 amide bonds. The summed E-state index contributed by atoms with van der Waals surface area (Å²) in [7, 11) is 8.14. The lowest BCUT2D eigenvalue weighted by atomic mass is 9.46. The monoisotopic (exact) mass is 1210 g/mol. The molecule has 0 aromatic heterocycles. The minimum absolute atomic E-state index is 0.0676. The number of aliphatic hydroxyl groups is 3. The zero-order valence-corrected chi connectivity index (χ0v) is 52.9. The van der Waals surface area contributed by atoms with Crippen LogP contribution >= 0.6 is 0 Å². The molecule has 488 valence electrons. The Hall–Kier alpha value is -1.14. The van der Waals surface area contributed by atoms with E-state index in [1.807, 2.05) is 48.5 Å². The van der Waals surface area contributed by atoms with Gasteiger partial charge >= 0.3 is 0 Å². The fraction of sp³-hybridized carbons (Fsp3) is 0.968. The molecule has 7 aliphatic heterocycles. The number of hydrogen-bond donors (Lipinski definition) is 3. The molecule has 11 rings (SSSR count). The molecular formula is C63H104O22. The van der Waals surface area contributed by atoms with E-state index in [1.165, 1.54) is 5.57 Å². The number of allylic oxidation sites excluding steroid dienone is 1. The van der Waals surface area contributed by atoms with Gasteiger partial charge in [-0.05, 0) is 123 Å². The maximum atomic E-state index is 12.8. The second-order valence-corrected chi connectivity index (χ2v) is 27.6. The summed E-state index contributed by atoms with van der Waals surface area (Å²) < 4.78 is 108. The molecule has 22 heteroatoms. The highest BCUT2D eigenvalue weighted by molar-refractivity contribution is 5.26. The van der Waals surface area contributed by atoms with Gasteiger partial charge in [0.25, 0.3) is 0 Å². The van der Waals surface area contributed by atoms with Crippen LogP contribution in [0.2, 0.25) is 0 Å². The highest BCUT2D eigenvalue weighted by atomic mass is 17.2. The molecule has 32 atom stereocenters. The molecule has 0 aromatic carbocycles. The second kappa shape index (κ2) is 26.5. The smallest absolute Gasteiger partial charge is 0.228 e. The largest absolute Gasteiger partial charge is 0.393 e. The van der Waals surface area contributed by atoms with E-state index in [9.17, 15) is 15.3 Å². The van der Waals surface area contributed by atoms with E-state index in [0.717, 1.165) is 44.9 Å². The molecule has 1 spiro atoms. The molecule has 3 saturated carbocycles. The molecule has 11 aliphatic rings. The maximum absolute atomic E-state index is 12.8. The van der Waals surface area contributed by atoms with Gasteiger partial charge in [-0.15, -0.1) is 0 Å². The van der Waals surface area contributed by atoms with E-state index in [-0.39, 0.29) is 48.6 Å². The van der Waals surface area contributed by atoms with Crippen LogP contribution in [0.3, 0.4) is 0 Å². The van der Waals surface area contributed by atoms with Crippen LogP contribution in [0, 0.1) is 28.6 Å². The number of hydrogen-bond acceptors (Lipinski definition) is 22. The van der Waals surface area contributed by atoms with Gasteiger partial charge in [-0.2, -0.15) is 4.89 Å². The number of fused-ring (bicyclic) bond motifs is 6. The Labute approximate surface area is 503 Å². The van der Waals surface area contributed by atoms with Crippen molar-refractivity contribution < 1.29 is 106 Å². The molecule has 7 heterocycles. The van der Waals surface area contributed by atoms with Crippen molar-refractivity contribution in [2.45, 2.75) is 317 Å². The first-order valence-electron chi connectivity index (χ1n) is 32.2. The highest BCUT2D eigenvalue weighted by Crippen LogP contribution is 2.68.